The van der Waals surface area contributed by atoms with E-state index in [1.54, 1.807) is 24.5 Å². The van der Waals surface area contributed by atoms with Crippen molar-refractivity contribution in [3.8, 4) is 5.75 Å². The maximum Gasteiger partial charge on any atom is 0.165 e. The lowest BCUT2D eigenvalue weighted by molar-refractivity contribution is 0.137. The lowest BCUT2D eigenvalue weighted by Crippen LogP contribution is -2.36. The number of imidazole rings is 1. The predicted octanol–water partition coefficient (Wildman–Crippen LogP) is 2.73. The zero-order valence-electron chi connectivity index (χ0n) is 15.8. The quantitative estimate of drug-likeness (QED) is 0.674. The molecule has 1 fully saturated rings. The number of anilines is 1. The first-order valence-corrected chi connectivity index (χ1v) is 9.71. The Balaban J connectivity index is 1.19. The van der Waals surface area contributed by atoms with Crippen LogP contribution in [0.1, 0.15) is 19.3 Å². The summed E-state index contributed by atoms with van der Waals surface area (Å²) < 4.78 is 21.3. The Morgan fingerprint density at radius 1 is 1.11 bits per heavy atom. The molecule has 0 atom stereocenters. The van der Waals surface area contributed by atoms with Crippen LogP contribution in [0.3, 0.4) is 0 Å². The maximum atomic E-state index is 13.6. The van der Waals surface area contributed by atoms with Gasteiger partial charge in [-0.3, -0.25) is 0 Å². The minimum absolute atomic E-state index is 0.293. The molecular formula is C20H25FN6O. The van der Waals surface area contributed by atoms with Crippen molar-refractivity contribution in [2.45, 2.75) is 25.8 Å². The highest BCUT2D eigenvalue weighted by Crippen LogP contribution is 2.21. The van der Waals surface area contributed by atoms with Gasteiger partial charge in [0.25, 0.3) is 0 Å². The minimum atomic E-state index is -0.293. The van der Waals surface area contributed by atoms with E-state index in [0.717, 1.165) is 51.1 Å². The first kappa shape index (κ1) is 18.6. The summed E-state index contributed by atoms with van der Waals surface area (Å²) in [6.07, 6.45) is 6.43. The lowest BCUT2D eigenvalue weighted by Gasteiger charge is -2.31. The third-order valence-corrected chi connectivity index (χ3v) is 5.32. The van der Waals surface area contributed by atoms with Gasteiger partial charge < -0.3 is 19.9 Å². The average molecular weight is 384 g/mol. The molecule has 3 aromatic rings. The highest BCUT2D eigenvalue weighted by molar-refractivity contribution is 5.80. The van der Waals surface area contributed by atoms with Gasteiger partial charge in [0.05, 0.1) is 12.9 Å². The molecule has 0 amide bonds. The number of aromatic nitrogens is 4. The molecule has 0 bridgehead atoms. The summed E-state index contributed by atoms with van der Waals surface area (Å²) >= 11 is 0. The van der Waals surface area contributed by atoms with Gasteiger partial charge in [0, 0.05) is 6.54 Å². The first-order valence-electron chi connectivity index (χ1n) is 9.71. The van der Waals surface area contributed by atoms with Gasteiger partial charge in [-0.05, 0) is 56.9 Å². The van der Waals surface area contributed by atoms with Crippen LogP contribution in [0, 0.1) is 11.7 Å². The number of halogens is 1. The number of fused-ring (bicyclic) bond motifs is 1. The Bertz CT molecular complexity index is 922. The van der Waals surface area contributed by atoms with Crippen molar-refractivity contribution >= 4 is 17.0 Å². The van der Waals surface area contributed by atoms with Crippen LogP contribution in [0.25, 0.3) is 11.2 Å². The summed E-state index contributed by atoms with van der Waals surface area (Å²) in [6.45, 7) is 4.55. The average Bonchev–Trinajstić information content (AvgIpc) is 3.13. The summed E-state index contributed by atoms with van der Waals surface area (Å²) in [5, 5.41) is 0. The summed E-state index contributed by atoms with van der Waals surface area (Å²) in [5.41, 5.74) is 7.29. The van der Waals surface area contributed by atoms with Gasteiger partial charge in [0.1, 0.15) is 11.8 Å². The van der Waals surface area contributed by atoms with Crippen molar-refractivity contribution in [1.29, 1.82) is 0 Å². The second-order valence-corrected chi connectivity index (χ2v) is 7.25. The molecule has 2 N–H and O–H groups in total. The number of nitrogens with zero attached hydrogens (tertiary/aromatic N) is 5. The number of hydrogen-bond donors (Lipinski definition) is 1. The predicted molar refractivity (Wildman–Crippen MR) is 105 cm³/mol. The number of nitrogens with two attached hydrogens (primary N) is 1. The van der Waals surface area contributed by atoms with Crippen molar-refractivity contribution in [3.05, 3.63) is 42.7 Å². The summed E-state index contributed by atoms with van der Waals surface area (Å²) in [6, 6.07) is 6.59. The van der Waals surface area contributed by atoms with Crippen LogP contribution < -0.4 is 10.5 Å². The third-order valence-electron chi connectivity index (χ3n) is 5.32. The van der Waals surface area contributed by atoms with Crippen LogP contribution in [-0.2, 0) is 6.54 Å². The fraction of sp³-hybridized carbons (Fsp3) is 0.450. The SMILES string of the molecule is Nc1ncnc2c1ncn2CCCN1CCC(COc2ccccc2F)CC1. The second-order valence-electron chi connectivity index (χ2n) is 7.25. The Kier molecular flexibility index (Phi) is 5.66. The molecule has 3 heterocycles. The highest BCUT2D eigenvalue weighted by Gasteiger charge is 2.20. The number of nitrogen functional groups attached to an aromatic ring is 1. The van der Waals surface area contributed by atoms with Crippen LogP contribution in [0.4, 0.5) is 10.2 Å². The van der Waals surface area contributed by atoms with Crippen molar-refractivity contribution in [2.24, 2.45) is 5.92 Å². The Morgan fingerprint density at radius 3 is 2.75 bits per heavy atom. The van der Waals surface area contributed by atoms with Gasteiger partial charge in [-0.15, -0.1) is 0 Å². The van der Waals surface area contributed by atoms with E-state index in [9.17, 15) is 4.39 Å². The zero-order chi connectivity index (χ0) is 19.3. The number of likely N-dealkylation sites (tertiary alicyclic amines) is 1. The second kappa shape index (κ2) is 8.52. The molecule has 4 rings (SSSR count). The minimum Gasteiger partial charge on any atom is -0.490 e. The van der Waals surface area contributed by atoms with E-state index in [1.807, 2.05) is 4.57 Å². The molecular weight excluding hydrogens is 359 g/mol. The number of hydrogen-bond acceptors (Lipinski definition) is 6. The summed E-state index contributed by atoms with van der Waals surface area (Å²) in [5.74, 6) is 0.956. The van der Waals surface area contributed by atoms with Crippen LogP contribution >= 0.6 is 0 Å². The van der Waals surface area contributed by atoms with Crippen LogP contribution in [-0.4, -0.2) is 50.7 Å². The first-order chi connectivity index (χ1) is 13.7. The fourth-order valence-electron chi connectivity index (χ4n) is 3.67. The van der Waals surface area contributed by atoms with E-state index < -0.39 is 0 Å². The van der Waals surface area contributed by atoms with Crippen molar-refractivity contribution < 1.29 is 9.13 Å². The molecule has 0 aliphatic carbocycles. The Labute approximate surface area is 163 Å². The molecule has 0 unspecified atom stereocenters. The number of benzene rings is 1. The third kappa shape index (κ3) is 4.22. The standard InChI is InChI=1S/C20H25FN6O/c21-16-4-1-2-5-17(16)28-12-15-6-10-26(11-7-15)8-3-9-27-14-25-18-19(22)23-13-24-20(18)27/h1-2,4-5,13-15H,3,6-12H2,(H2,22,23,24). The lowest BCUT2D eigenvalue weighted by atomic mass is 9.97. The van der Waals surface area contributed by atoms with Crippen molar-refractivity contribution in [2.75, 3.05) is 32.0 Å². The number of aryl methyl sites for hydroxylation is 1. The maximum absolute atomic E-state index is 13.6. The topological polar surface area (TPSA) is 82.1 Å². The van der Waals surface area contributed by atoms with Crippen LogP contribution in [0.2, 0.25) is 0 Å². The molecule has 0 spiro atoms. The van der Waals surface area contributed by atoms with Gasteiger partial charge >= 0.3 is 0 Å². The molecule has 1 saturated heterocycles. The zero-order valence-corrected chi connectivity index (χ0v) is 15.8. The van der Waals surface area contributed by atoms with E-state index in [0.29, 0.717) is 29.6 Å². The van der Waals surface area contributed by atoms with Crippen molar-refractivity contribution in [3.63, 3.8) is 0 Å². The van der Waals surface area contributed by atoms with E-state index >= 15 is 0 Å². The Morgan fingerprint density at radius 2 is 1.93 bits per heavy atom. The highest BCUT2D eigenvalue weighted by atomic mass is 19.1. The van der Waals surface area contributed by atoms with E-state index in [-0.39, 0.29) is 5.82 Å². The number of rotatable bonds is 7. The monoisotopic (exact) mass is 384 g/mol. The smallest absolute Gasteiger partial charge is 0.165 e. The number of ether oxygens (including phenoxy) is 1. The number of para-hydroxylation sites is 1. The number of piperidine rings is 1. The molecule has 2 aromatic heterocycles. The van der Waals surface area contributed by atoms with Crippen LogP contribution in [0.5, 0.6) is 5.75 Å². The van der Waals surface area contributed by atoms with Crippen molar-refractivity contribution in [1.82, 2.24) is 24.4 Å². The molecule has 1 aliphatic heterocycles. The fourth-order valence-corrected chi connectivity index (χ4v) is 3.67. The Hall–Kier alpha value is -2.74. The van der Waals surface area contributed by atoms with E-state index in [2.05, 4.69) is 19.9 Å². The molecule has 7 nitrogen and oxygen atoms in total. The molecule has 8 heteroatoms. The summed E-state index contributed by atoms with van der Waals surface area (Å²) in [7, 11) is 0. The van der Waals surface area contributed by atoms with Crippen LogP contribution in [0.15, 0.2) is 36.9 Å². The van der Waals surface area contributed by atoms with E-state index in [1.165, 1.54) is 12.4 Å². The van der Waals surface area contributed by atoms with Gasteiger partial charge in [0.2, 0.25) is 0 Å². The largest absolute Gasteiger partial charge is 0.490 e. The molecule has 1 aliphatic rings. The molecule has 0 saturated carbocycles. The molecule has 0 radical (unpaired) electrons. The van der Waals surface area contributed by atoms with Gasteiger partial charge in [-0.2, -0.15) is 0 Å². The molecule has 148 valence electrons. The van der Waals surface area contributed by atoms with Gasteiger partial charge in [0.15, 0.2) is 23.0 Å². The normalized spacial score (nSPS) is 15.9. The summed E-state index contributed by atoms with van der Waals surface area (Å²) in [4.78, 5) is 15.0. The van der Waals surface area contributed by atoms with E-state index in [4.69, 9.17) is 10.5 Å². The van der Waals surface area contributed by atoms with Gasteiger partial charge in [-0.25, -0.2) is 19.3 Å². The molecule has 28 heavy (non-hydrogen) atoms. The van der Waals surface area contributed by atoms with Gasteiger partial charge in [-0.1, -0.05) is 12.1 Å². The molecule has 1 aromatic carbocycles.